The standard InChI is InChI=1S/C18H11BrN4O4/c19-12-3-1-11(2-4-12)16-8-14(27-22-16)9-26-18-15-6-5-13(23(24)25)7-17(15)20-10-21-18/h1-8,10H,9H2. The smallest absolute Gasteiger partial charge is 0.271 e. The van der Waals surface area contributed by atoms with Gasteiger partial charge in [-0.3, -0.25) is 10.1 Å². The molecule has 0 aliphatic heterocycles. The van der Waals surface area contributed by atoms with Crippen molar-refractivity contribution in [3.8, 4) is 17.1 Å². The molecule has 0 unspecified atom stereocenters. The molecular formula is C18H11BrN4O4. The van der Waals surface area contributed by atoms with E-state index in [4.69, 9.17) is 9.26 Å². The minimum Gasteiger partial charge on any atom is -0.469 e. The zero-order chi connectivity index (χ0) is 18.8. The third-order valence-electron chi connectivity index (χ3n) is 3.84. The number of aromatic nitrogens is 3. The van der Waals surface area contributed by atoms with Gasteiger partial charge >= 0.3 is 0 Å². The van der Waals surface area contributed by atoms with E-state index in [0.717, 1.165) is 10.0 Å². The van der Waals surface area contributed by atoms with Crippen LogP contribution in [0.5, 0.6) is 5.88 Å². The number of nitro groups is 1. The first-order valence-corrected chi connectivity index (χ1v) is 8.63. The summed E-state index contributed by atoms with van der Waals surface area (Å²) < 4.78 is 12.0. The van der Waals surface area contributed by atoms with Gasteiger partial charge in [-0.1, -0.05) is 33.2 Å². The molecule has 9 heteroatoms. The van der Waals surface area contributed by atoms with E-state index in [1.807, 2.05) is 24.3 Å². The molecule has 134 valence electrons. The highest BCUT2D eigenvalue weighted by molar-refractivity contribution is 9.10. The molecule has 0 saturated heterocycles. The number of nitrogens with zero attached hydrogens (tertiary/aromatic N) is 4. The monoisotopic (exact) mass is 426 g/mol. The van der Waals surface area contributed by atoms with E-state index in [0.29, 0.717) is 28.2 Å². The largest absolute Gasteiger partial charge is 0.469 e. The van der Waals surface area contributed by atoms with Gasteiger partial charge in [0.1, 0.15) is 12.0 Å². The molecule has 0 spiro atoms. The summed E-state index contributed by atoms with van der Waals surface area (Å²) in [6.07, 6.45) is 1.30. The minimum absolute atomic E-state index is 0.0403. The minimum atomic E-state index is -0.472. The van der Waals surface area contributed by atoms with Gasteiger partial charge in [-0.25, -0.2) is 9.97 Å². The van der Waals surface area contributed by atoms with E-state index in [-0.39, 0.29) is 12.3 Å². The van der Waals surface area contributed by atoms with Crippen LogP contribution in [0.4, 0.5) is 5.69 Å². The fraction of sp³-hybridized carbons (Fsp3) is 0.0556. The highest BCUT2D eigenvalue weighted by Gasteiger charge is 2.12. The Hall–Kier alpha value is -3.33. The third kappa shape index (κ3) is 3.63. The van der Waals surface area contributed by atoms with Crippen LogP contribution in [0.3, 0.4) is 0 Å². The predicted molar refractivity (Wildman–Crippen MR) is 100 cm³/mol. The molecule has 0 bridgehead atoms. The molecule has 0 atom stereocenters. The van der Waals surface area contributed by atoms with Gasteiger partial charge in [-0.2, -0.15) is 0 Å². The summed E-state index contributed by atoms with van der Waals surface area (Å²) >= 11 is 3.39. The van der Waals surface area contributed by atoms with Gasteiger partial charge < -0.3 is 9.26 Å². The van der Waals surface area contributed by atoms with Gasteiger partial charge in [0.25, 0.3) is 5.69 Å². The number of non-ortho nitro benzene ring substituents is 1. The van der Waals surface area contributed by atoms with Crippen LogP contribution in [0.15, 0.2) is 63.9 Å². The van der Waals surface area contributed by atoms with E-state index >= 15 is 0 Å². The average molecular weight is 427 g/mol. The average Bonchev–Trinajstić information content (AvgIpc) is 3.15. The summed E-state index contributed by atoms with van der Waals surface area (Å²) in [6.45, 7) is 0.118. The lowest BCUT2D eigenvalue weighted by Gasteiger charge is -2.05. The Labute approximate surface area is 161 Å². The molecule has 0 saturated carbocycles. The molecule has 2 aromatic heterocycles. The van der Waals surface area contributed by atoms with Gasteiger partial charge in [-0.05, 0) is 18.2 Å². The van der Waals surface area contributed by atoms with Crippen molar-refractivity contribution in [3.05, 3.63) is 75.2 Å². The SMILES string of the molecule is O=[N+]([O-])c1ccc2c(OCc3cc(-c4ccc(Br)cc4)no3)ncnc2c1. The lowest BCUT2D eigenvalue weighted by molar-refractivity contribution is -0.384. The van der Waals surface area contributed by atoms with Gasteiger partial charge in [-0.15, -0.1) is 0 Å². The lowest BCUT2D eigenvalue weighted by Crippen LogP contribution is -1.98. The summed E-state index contributed by atoms with van der Waals surface area (Å²) in [6, 6.07) is 13.8. The van der Waals surface area contributed by atoms with E-state index < -0.39 is 4.92 Å². The molecule has 4 rings (SSSR count). The maximum absolute atomic E-state index is 10.9. The first-order chi connectivity index (χ1) is 13.1. The number of benzene rings is 2. The molecule has 0 N–H and O–H groups in total. The van der Waals surface area contributed by atoms with E-state index in [1.54, 1.807) is 12.1 Å². The Balaban J connectivity index is 1.54. The Morgan fingerprint density at radius 1 is 1.11 bits per heavy atom. The number of nitro benzene ring substituents is 1. The summed E-state index contributed by atoms with van der Waals surface area (Å²) in [7, 11) is 0. The van der Waals surface area contributed by atoms with Crippen molar-refractivity contribution in [2.24, 2.45) is 0 Å². The first-order valence-electron chi connectivity index (χ1n) is 7.83. The van der Waals surface area contributed by atoms with Crippen molar-refractivity contribution in [3.63, 3.8) is 0 Å². The van der Waals surface area contributed by atoms with Crippen LogP contribution in [0.1, 0.15) is 5.76 Å². The lowest BCUT2D eigenvalue weighted by atomic mass is 10.1. The molecule has 0 radical (unpaired) electrons. The number of halogens is 1. The highest BCUT2D eigenvalue weighted by Crippen LogP contribution is 2.26. The van der Waals surface area contributed by atoms with Crippen molar-refractivity contribution in [2.45, 2.75) is 6.61 Å². The molecule has 0 fully saturated rings. The topological polar surface area (TPSA) is 104 Å². The van der Waals surface area contributed by atoms with E-state index in [1.165, 1.54) is 18.5 Å². The second kappa shape index (κ2) is 7.12. The highest BCUT2D eigenvalue weighted by atomic mass is 79.9. The number of hydrogen-bond donors (Lipinski definition) is 0. The molecule has 0 aliphatic rings. The summed E-state index contributed by atoms with van der Waals surface area (Å²) in [5, 5.41) is 15.5. The van der Waals surface area contributed by atoms with Crippen LogP contribution in [-0.4, -0.2) is 20.0 Å². The normalized spacial score (nSPS) is 10.9. The summed E-state index contributed by atoms with van der Waals surface area (Å²) in [4.78, 5) is 18.6. The number of ether oxygens (including phenoxy) is 1. The maximum Gasteiger partial charge on any atom is 0.271 e. The van der Waals surface area contributed by atoms with E-state index in [2.05, 4.69) is 31.1 Å². The fourth-order valence-electron chi connectivity index (χ4n) is 2.53. The van der Waals surface area contributed by atoms with Crippen molar-refractivity contribution in [2.75, 3.05) is 0 Å². The Morgan fingerprint density at radius 3 is 2.70 bits per heavy atom. The Morgan fingerprint density at radius 2 is 1.93 bits per heavy atom. The zero-order valence-electron chi connectivity index (χ0n) is 13.7. The number of hydrogen-bond acceptors (Lipinski definition) is 7. The van der Waals surface area contributed by atoms with Gasteiger partial charge in [0, 0.05) is 28.2 Å². The van der Waals surface area contributed by atoms with Crippen LogP contribution < -0.4 is 4.74 Å². The number of rotatable bonds is 5. The zero-order valence-corrected chi connectivity index (χ0v) is 15.3. The van der Waals surface area contributed by atoms with Crippen molar-refractivity contribution < 1.29 is 14.2 Å². The molecule has 27 heavy (non-hydrogen) atoms. The van der Waals surface area contributed by atoms with E-state index in [9.17, 15) is 10.1 Å². The second-order valence-corrected chi connectivity index (χ2v) is 6.53. The molecular weight excluding hydrogens is 416 g/mol. The molecule has 0 aliphatic carbocycles. The first kappa shape index (κ1) is 17.1. The molecule has 2 heterocycles. The Bertz CT molecular complexity index is 1130. The molecule has 2 aromatic carbocycles. The Kier molecular flexibility index (Phi) is 4.51. The molecule has 4 aromatic rings. The van der Waals surface area contributed by atoms with Gasteiger partial charge in [0.2, 0.25) is 5.88 Å². The van der Waals surface area contributed by atoms with Gasteiger partial charge in [0.15, 0.2) is 12.4 Å². The molecule has 0 amide bonds. The second-order valence-electron chi connectivity index (χ2n) is 5.61. The number of fused-ring (bicyclic) bond motifs is 1. The molecule has 8 nitrogen and oxygen atoms in total. The summed E-state index contributed by atoms with van der Waals surface area (Å²) in [5.74, 6) is 0.845. The van der Waals surface area contributed by atoms with Crippen LogP contribution in [0.2, 0.25) is 0 Å². The maximum atomic E-state index is 10.9. The fourth-order valence-corrected chi connectivity index (χ4v) is 2.79. The van der Waals surface area contributed by atoms with Crippen LogP contribution in [0.25, 0.3) is 22.2 Å². The summed E-state index contributed by atoms with van der Waals surface area (Å²) in [5.41, 5.74) is 2.01. The third-order valence-corrected chi connectivity index (χ3v) is 4.37. The van der Waals surface area contributed by atoms with Crippen molar-refractivity contribution in [1.82, 2.24) is 15.1 Å². The van der Waals surface area contributed by atoms with Crippen LogP contribution >= 0.6 is 15.9 Å². The van der Waals surface area contributed by atoms with Crippen LogP contribution in [-0.2, 0) is 6.61 Å². The predicted octanol–water partition coefficient (Wildman–Crippen LogP) is 4.53. The van der Waals surface area contributed by atoms with Crippen LogP contribution in [0, 0.1) is 10.1 Å². The quantitative estimate of drug-likeness (QED) is 0.340. The van der Waals surface area contributed by atoms with Gasteiger partial charge in [0.05, 0.1) is 15.8 Å². The van der Waals surface area contributed by atoms with Crippen molar-refractivity contribution in [1.29, 1.82) is 0 Å². The van der Waals surface area contributed by atoms with Crippen molar-refractivity contribution >= 4 is 32.5 Å².